The molecule has 0 bridgehead atoms. The zero-order valence-electron chi connectivity index (χ0n) is 28.7. The maximum Gasteiger partial charge on any atom is 0.213 e. The van der Waals surface area contributed by atoms with E-state index in [1.54, 1.807) is 0 Å². The fourth-order valence-electron chi connectivity index (χ4n) is 10.2. The number of hydrogen-bond donors (Lipinski definition) is 0. The molecular weight excluding hydrogens is 635 g/mol. The number of rotatable bonds is 1. The maximum atomic E-state index is 6.38. The summed E-state index contributed by atoms with van der Waals surface area (Å²) in [5.41, 5.74) is 13.7. The molecule has 10 aromatic rings. The standard InChI is InChI=1S/C48H35N3O/c1-2-30-27-42-33(31-12-3-4-13-32(31)39-17-8-10-25-50(39)42)21-20-29-26-43-38(28-37(29)40-18-7-9-24-49(30)40)34-15-11-16-36-46-41(51(43)48(34)36)22-23-45-47(46)35-14-5-6-19-44(35)52-45/h2-19,22-26,28,30,33,42H,1,20-21,27H2/q+2. The van der Waals surface area contributed by atoms with Crippen LogP contribution in [0, 0.1) is 0 Å². The van der Waals surface area contributed by atoms with Gasteiger partial charge in [0.05, 0.1) is 28.5 Å². The molecule has 5 aromatic carbocycles. The topological polar surface area (TPSA) is 25.3 Å². The minimum atomic E-state index is 0.127. The minimum absolute atomic E-state index is 0.127. The number of nitrogens with zero attached hydrogens (tertiary/aromatic N) is 3. The van der Waals surface area contributed by atoms with Crippen molar-refractivity contribution in [2.75, 3.05) is 0 Å². The molecule has 0 radical (unpaired) electrons. The highest BCUT2D eigenvalue weighted by Crippen LogP contribution is 2.47. The maximum absolute atomic E-state index is 6.38. The Balaban J connectivity index is 1.15. The van der Waals surface area contributed by atoms with Crippen LogP contribution in [0.15, 0.2) is 157 Å². The Kier molecular flexibility index (Phi) is 5.69. The first kappa shape index (κ1) is 28.4. The van der Waals surface area contributed by atoms with Crippen molar-refractivity contribution in [3.05, 3.63) is 164 Å². The predicted octanol–water partition coefficient (Wildman–Crippen LogP) is 11.0. The van der Waals surface area contributed by atoms with Crippen LogP contribution in [0.3, 0.4) is 0 Å². The van der Waals surface area contributed by atoms with E-state index in [4.69, 9.17) is 4.42 Å². The summed E-state index contributed by atoms with van der Waals surface area (Å²) in [5.74, 6) is 0.365. The van der Waals surface area contributed by atoms with Crippen molar-refractivity contribution in [1.82, 2.24) is 4.40 Å². The van der Waals surface area contributed by atoms with Crippen LogP contribution in [0.4, 0.5) is 0 Å². The molecule has 0 saturated heterocycles. The van der Waals surface area contributed by atoms with Gasteiger partial charge in [-0.3, -0.25) is 0 Å². The number of aryl methyl sites for hydroxylation is 1. The normalized spacial score (nSPS) is 18.4. The zero-order valence-corrected chi connectivity index (χ0v) is 28.7. The molecule has 246 valence electrons. The Labute approximate surface area is 300 Å². The van der Waals surface area contributed by atoms with Crippen LogP contribution in [0.2, 0.25) is 0 Å². The quantitative estimate of drug-likeness (QED) is 0.126. The van der Waals surface area contributed by atoms with E-state index in [9.17, 15) is 0 Å². The van der Waals surface area contributed by atoms with Crippen molar-refractivity contribution in [3.8, 4) is 22.5 Å². The van der Waals surface area contributed by atoms with E-state index in [0.29, 0.717) is 12.0 Å². The number of benzene rings is 5. The van der Waals surface area contributed by atoms with Crippen LogP contribution < -0.4 is 9.13 Å². The van der Waals surface area contributed by atoms with Crippen LogP contribution in [-0.2, 0) is 6.42 Å². The molecule has 0 saturated carbocycles. The first-order valence-electron chi connectivity index (χ1n) is 18.5. The highest BCUT2D eigenvalue weighted by atomic mass is 16.3. The number of allylic oxidation sites excluding steroid dienone is 1. The number of fused-ring (bicyclic) bond motifs is 19. The molecule has 2 aliphatic rings. The highest BCUT2D eigenvalue weighted by Gasteiger charge is 2.43. The first-order valence-corrected chi connectivity index (χ1v) is 18.5. The summed E-state index contributed by atoms with van der Waals surface area (Å²) in [5, 5.41) is 7.52. The molecule has 12 rings (SSSR count). The van der Waals surface area contributed by atoms with Gasteiger partial charge in [-0.05, 0) is 78.6 Å². The second-order valence-corrected chi connectivity index (χ2v) is 14.8. The monoisotopic (exact) mass is 669 g/mol. The molecule has 5 aromatic heterocycles. The van der Waals surface area contributed by atoms with Gasteiger partial charge in [0, 0.05) is 68.1 Å². The summed E-state index contributed by atoms with van der Waals surface area (Å²) in [7, 11) is 0. The summed E-state index contributed by atoms with van der Waals surface area (Å²) in [6.45, 7) is 4.43. The molecule has 52 heavy (non-hydrogen) atoms. The molecular formula is C48H35N3O+2. The predicted molar refractivity (Wildman–Crippen MR) is 210 cm³/mol. The summed E-state index contributed by atoms with van der Waals surface area (Å²) >= 11 is 0. The molecule has 4 heteroatoms. The molecule has 7 heterocycles. The molecule has 0 aliphatic carbocycles. The van der Waals surface area contributed by atoms with Crippen LogP contribution in [-0.4, -0.2) is 4.40 Å². The fourth-order valence-corrected chi connectivity index (χ4v) is 10.2. The van der Waals surface area contributed by atoms with Crippen molar-refractivity contribution in [1.29, 1.82) is 0 Å². The van der Waals surface area contributed by atoms with E-state index < -0.39 is 0 Å². The average molecular weight is 670 g/mol. The molecule has 3 atom stereocenters. The smallest absolute Gasteiger partial charge is 0.213 e. The van der Waals surface area contributed by atoms with Gasteiger partial charge in [0.2, 0.25) is 11.4 Å². The molecule has 4 nitrogen and oxygen atoms in total. The van der Waals surface area contributed by atoms with Crippen molar-refractivity contribution in [2.24, 2.45) is 0 Å². The summed E-state index contributed by atoms with van der Waals surface area (Å²) in [6.07, 6.45) is 9.73. The number of furan rings is 1. The molecule has 2 aliphatic heterocycles. The van der Waals surface area contributed by atoms with Gasteiger partial charge < -0.3 is 8.82 Å². The summed E-state index contributed by atoms with van der Waals surface area (Å²) in [6, 6.07) is 47.6. The van der Waals surface area contributed by atoms with Gasteiger partial charge >= 0.3 is 0 Å². The van der Waals surface area contributed by atoms with Crippen LogP contribution >= 0.6 is 0 Å². The van der Waals surface area contributed by atoms with Gasteiger partial charge in [-0.15, -0.1) is 0 Å². The molecule has 3 unspecified atom stereocenters. The van der Waals surface area contributed by atoms with Crippen molar-refractivity contribution in [3.63, 3.8) is 0 Å². The Morgan fingerprint density at radius 3 is 2.31 bits per heavy atom. The lowest BCUT2D eigenvalue weighted by Crippen LogP contribution is -2.51. The second kappa shape index (κ2) is 10.4. The number of hydrogen-bond acceptors (Lipinski definition) is 1. The SMILES string of the molecule is C=CC1CC2C(CCc3cc4c(cc3-c3cccc[n+]31)c1cccc3c5c6c(ccc5n4c13)oc1ccccc16)c1ccccc1-c1cccc[n+]12. The van der Waals surface area contributed by atoms with E-state index >= 15 is 0 Å². The van der Waals surface area contributed by atoms with Gasteiger partial charge in [-0.2, -0.15) is 9.13 Å². The number of para-hydroxylation sites is 2. The Hall–Kier alpha value is -6.26. The van der Waals surface area contributed by atoms with E-state index in [0.717, 1.165) is 30.4 Å². The van der Waals surface area contributed by atoms with E-state index in [1.807, 2.05) is 0 Å². The molecule has 0 amide bonds. The summed E-state index contributed by atoms with van der Waals surface area (Å²) in [4.78, 5) is 0. The van der Waals surface area contributed by atoms with E-state index in [-0.39, 0.29) is 6.04 Å². The van der Waals surface area contributed by atoms with Crippen molar-refractivity contribution in [2.45, 2.75) is 37.3 Å². The largest absolute Gasteiger partial charge is 0.456 e. The van der Waals surface area contributed by atoms with E-state index in [2.05, 4.69) is 166 Å². The third-order valence-electron chi connectivity index (χ3n) is 12.4. The van der Waals surface area contributed by atoms with Gasteiger partial charge in [0.1, 0.15) is 11.2 Å². The lowest BCUT2D eigenvalue weighted by Gasteiger charge is -2.32. The van der Waals surface area contributed by atoms with Gasteiger partial charge in [0.25, 0.3) is 0 Å². The lowest BCUT2D eigenvalue weighted by molar-refractivity contribution is -0.745. The van der Waals surface area contributed by atoms with Crippen molar-refractivity contribution < 1.29 is 13.6 Å². The third-order valence-corrected chi connectivity index (χ3v) is 12.4. The van der Waals surface area contributed by atoms with Crippen LogP contribution in [0.25, 0.3) is 82.5 Å². The van der Waals surface area contributed by atoms with E-state index in [1.165, 1.54) is 82.5 Å². The number of aromatic nitrogens is 3. The summed E-state index contributed by atoms with van der Waals surface area (Å²) < 4.78 is 13.9. The Morgan fingerprint density at radius 2 is 1.40 bits per heavy atom. The highest BCUT2D eigenvalue weighted by molar-refractivity contribution is 6.32. The molecule has 0 spiro atoms. The molecule has 0 fully saturated rings. The van der Waals surface area contributed by atoms with Gasteiger partial charge in [-0.1, -0.05) is 61.2 Å². The van der Waals surface area contributed by atoms with Crippen LogP contribution in [0.1, 0.15) is 42.0 Å². The average Bonchev–Trinajstić information content (AvgIpc) is 3.85. The van der Waals surface area contributed by atoms with Crippen LogP contribution in [0.5, 0.6) is 0 Å². The fraction of sp³-hybridized carbons (Fsp3) is 0.125. The molecule has 0 N–H and O–H groups in total. The first-order chi connectivity index (χ1) is 25.8. The zero-order chi connectivity index (χ0) is 34.1. The van der Waals surface area contributed by atoms with Crippen molar-refractivity contribution >= 4 is 60.0 Å². The minimum Gasteiger partial charge on any atom is -0.456 e. The van der Waals surface area contributed by atoms with Gasteiger partial charge in [-0.25, -0.2) is 0 Å². The lowest BCUT2D eigenvalue weighted by atomic mass is 9.76. The number of pyridine rings is 2. The van der Waals surface area contributed by atoms with Gasteiger partial charge in [0.15, 0.2) is 24.5 Å². The third kappa shape index (κ3) is 3.66. The Morgan fingerprint density at radius 1 is 0.635 bits per heavy atom. The second-order valence-electron chi connectivity index (χ2n) is 14.8. The Bertz CT molecular complexity index is 3110.